The van der Waals surface area contributed by atoms with E-state index in [1.54, 1.807) is 12.1 Å². The Morgan fingerprint density at radius 3 is 2.57 bits per heavy atom. The van der Waals surface area contributed by atoms with Gasteiger partial charge in [-0.25, -0.2) is 4.79 Å². The molecule has 1 aliphatic heterocycles. The van der Waals surface area contributed by atoms with Crippen molar-refractivity contribution in [2.45, 2.75) is 12.8 Å². The maximum absolute atomic E-state index is 12.2. The van der Waals surface area contributed by atoms with Gasteiger partial charge in [-0.3, -0.25) is 0 Å². The summed E-state index contributed by atoms with van der Waals surface area (Å²) in [5, 5.41) is 9.66. The van der Waals surface area contributed by atoms with Crippen LogP contribution in [0.3, 0.4) is 0 Å². The summed E-state index contributed by atoms with van der Waals surface area (Å²) in [5.74, 6) is -0.457. The lowest BCUT2D eigenvalue weighted by Gasteiger charge is -2.28. The lowest BCUT2D eigenvalue weighted by atomic mass is 9.82. The monoisotopic (exact) mass is 311 g/mol. The Balaban J connectivity index is 2.21. The van der Waals surface area contributed by atoms with Crippen LogP contribution in [0, 0.1) is 6.92 Å². The first-order chi connectivity index (χ1) is 11.0. The molecule has 0 fully saturated rings. The number of nitrogens with two attached hydrogens (primary N) is 1. The van der Waals surface area contributed by atoms with Crippen molar-refractivity contribution in [3.05, 3.63) is 70.6 Å². The molecule has 5 nitrogen and oxygen atoms in total. The van der Waals surface area contributed by atoms with Gasteiger partial charge in [0.1, 0.15) is 17.1 Å². The average molecular weight is 311 g/mol. The molecular formula is C18H17NO4. The van der Waals surface area contributed by atoms with E-state index in [-0.39, 0.29) is 17.2 Å². The fourth-order valence-corrected chi connectivity index (χ4v) is 2.75. The first kappa shape index (κ1) is 15.0. The third kappa shape index (κ3) is 2.61. The van der Waals surface area contributed by atoms with E-state index < -0.39 is 11.9 Å². The smallest absolute Gasteiger partial charge is 0.340 e. The van der Waals surface area contributed by atoms with Gasteiger partial charge in [-0.1, -0.05) is 35.9 Å². The molecule has 0 radical (unpaired) electrons. The molecule has 5 heteroatoms. The van der Waals surface area contributed by atoms with Gasteiger partial charge in [0.05, 0.1) is 13.0 Å². The molecule has 1 atom stereocenters. The SMILES string of the molecule is COC(=O)C1=C(N)Oc2cc(O)ccc2C1c1ccc(C)cc1. The van der Waals surface area contributed by atoms with Gasteiger partial charge in [0, 0.05) is 11.6 Å². The number of rotatable bonds is 2. The molecule has 0 aromatic heterocycles. The number of benzene rings is 2. The van der Waals surface area contributed by atoms with Crippen molar-refractivity contribution in [2.75, 3.05) is 7.11 Å². The van der Waals surface area contributed by atoms with Crippen molar-refractivity contribution < 1.29 is 19.4 Å². The van der Waals surface area contributed by atoms with Crippen LogP contribution in [0.15, 0.2) is 53.9 Å². The zero-order valence-electron chi connectivity index (χ0n) is 12.9. The van der Waals surface area contributed by atoms with E-state index in [0.717, 1.165) is 16.7 Å². The van der Waals surface area contributed by atoms with Gasteiger partial charge in [0.2, 0.25) is 5.88 Å². The number of carbonyl (C=O) groups is 1. The van der Waals surface area contributed by atoms with E-state index >= 15 is 0 Å². The summed E-state index contributed by atoms with van der Waals surface area (Å²) in [4.78, 5) is 12.2. The Kier molecular flexibility index (Phi) is 3.70. The number of methoxy groups -OCH3 is 1. The maximum atomic E-state index is 12.2. The minimum atomic E-state index is -0.535. The standard InChI is InChI=1S/C18H17NO4/c1-10-3-5-11(6-4-10)15-13-8-7-12(20)9-14(13)23-17(19)16(15)18(21)22-2/h3-9,15,20H,19H2,1-2H3. The van der Waals surface area contributed by atoms with E-state index in [2.05, 4.69) is 0 Å². The highest BCUT2D eigenvalue weighted by Gasteiger charge is 2.35. The van der Waals surface area contributed by atoms with Crippen LogP contribution >= 0.6 is 0 Å². The second kappa shape index (κ2) is 5.68. The minimum absolute atomic E-state index is 0.0134. The lowest BCUT2D eigenvalue weighted by molar-refractivity contribution is -0.136. The number of aryl methyl sites for hydroxylation is 1. The van der Waals surface area contributed by atoms with Gasteiger partial charge in [0.15, 0.2) is 0 Å². The highest BCUT2D eigenvalue weighted by Crippen LogP contribution is 2.43. The molecule has 1 unspecified atom stereocenters. The molecule has 3 N–H and O–H groups in total. The van der Waals surface area contributed by atoms with Gasteiger partial charge in [-0.05, 0) is 18.6 Å². The van der Waals surface area contributed by atoms with E-state index in [1.807, 2.05) is 31.2 Å². The predicted molar refractivity (Wildman–Crippen MR) is 85.0 cm³/mol. The number of phenols is 1. The van der Waals surface area contributed by atoms with Crippen LogP contribution in [0.2, 0.25) is 0 Å². The molecule has 0 saturated heterocycles. The number of hydrogen-bond acceptors (Lipinski definition) is 5. The summed E-state index contributed by atoms with van der Waals surface area (Å²) in [7, 11) is 1.31. The summed E-state index contributed by atoms with van der Waals surface area (Å²) in [6, 6.07) is 12.6. The summed E-state index contributed by atoms with van der Waals surface area (Å²) >= 11 is 0. The van der Waals surface area contributed by atoms with Gasteiger partial charge < -0.3 is 20.3 Å². The van der Waals surface area contributed by atoms with E-state index in [4.69, 9.17) is 15.2 Å². The van der Waals surface area contributed by atoms with Crippen LogP contribution in [-0.2, 0) is 9.53 Å². The Bertz CT molecular complexity index is 793. The molecule has 0 bridgehead atoms. The van der Waals surface area contributed by atoms with Crippen molar-refractivity contribution in [1.29, 1.82) is 0 Å². The first-order valence-electron chi connectivity index (χ1n) is 7.16. The number of hydrogen-bond donors (Lipinski definition) is 2. The first-order valence-corrected chi connectivity index (χ1v) is 7.16. The highest BCUT2D eigenvalue weighted by molar-refractivity contribution is 5.92. The highest BCUT2D eigenvalue weighted by atomic mass is 16.5. The fraction of sp³-hybridized carbons (Fsp3) is 0.167. The zero-order valence-corrected chi connectivity index (χ0v) is 12.9. The van der Waals surface area contributed by atoms with Crippen LogP contribution in [-0.4, -0.2) is 18.2 Å². The number of esters is 1. The van der Waals surface area contributed by atoms with E-state index in [1.165, 1.54) is 13.2 Å². The molecule has 2 aromatic carbocycles. The molecule has 2 aromatic rings. The van der Waals surface area contributed by atoms with Gasteiger partial charge in [0.25, 0.3) is 0 Å². The second-order valence-electron chi connectivity index (χ2n) is 5.44. The van der Waals surface area contributed by atoms with Crippen molar-refractivity contribution in [3.63, 3.8) is 0 Å². The molecule has 0 saturated carbocycles. The number of ether oxygens (including phenoxy) is 2. The van der Waals surface area contributed by atoms with Crippen LogP contribution < -0.4 is 10.5 Å². The molecule has 0 spiro atoms. The summed E-state index contributed by atoms with van der Waals surface area (Å²) in [6.07, 6.45) is 0. The summed E-state index contributed by atoms with van der Waals surface area (Å²) in [6.45, 7) is 1.99. The molecule has 1 heterocycles. The van der Waals surface area contributed by atoms with Crippen molar-refractivity contribution in [2.24, 2.45) is 5.73 Å². The molecule has 0 amide bonds. The molecule has 23 heavy (non-hydrogen) atoms. The molecule has 3 rings (SSSR count). The lowest BCUT2D eigenvalue weighted by Crippen LogP contribution is -2.26. The van der Waals surface area contributed by atoms with Crippen LogP contribution in [0.1, 0.15) is 22.6 Å². The third-order valence-corrected chi connectivity index (χ3v) is 3.90. The number of fused-ring (bicyclic) bond motifs is 1. The maximum Gasteiger partial charge on any atom is 0.340 e. The number of aromatic hydroxyl groups is 1. The van der Waals surface area contributed by atoms with Gasteiger partial charge in [-0.2, -0.15) is 0 Å². The number of carbonyl (C=O) groups excluding carboxylic acids is 1. The van der Waals surface area contributed by atoms with E-state index in [9.17, 15) is 9.90 Å². The van der Waals surface area contributed by atoms with Crippen LogP contribution in [0.5, 0.6) is 11.5 Å². The zero-order chi connectivity index (χ0) is 16.6. The fourth-order valence-electron chi connectivity index (χ4n) is 2.75. The normalized spacial score (nSPS) is 16.5. The quantitative estimate of drug-likeness (QED) is 0.833. The summed E-state index contributed by atoms with van der Waals surface area (Å²) in [5.41, 5.74) is 8.97. The second-order valence-corrected chi connectivity index (χ2v) is 5.44. The van der Waals surface area contributed by atoms with Gasteiger partial charge in [-0.15, -0.1) is 0 Å². The number of phenolic OH excluding ortho intramolecular Hbond substituents is 1. The topological polar surface area (TPSA) is 81.8 Å². The third-order valence-electron chi connectivity index (χ3n) is 3.90. The van der Waals surface area contributed by atoms with E-state index in [0.29, 0.717) is 5.75 Å². The Labute approximate surface area is 134 Å². The Morgan fingerprint density at radius 1 is 1.22 bits per heavy atom. The summed E-state index contributed by atoms with van der Waals surface area (Å²) < 4.78 is 10.4. The van der Waals surface area contributed by atoms with Crippen LogP contribution in [0.4, 0.5) is 0 Å². The Hall–Kier alpha value is -2.95. The Morgan fingerprint density at radius 2 is 1.91 bits per heavy atom. The minimum Gasteiger partial charge on any atom is -0.508 e. The van der Waals surface area contributed by atoms with Crippen molar-refractivity contribution in [3.8, 4) is 11.5 Å². The average Bonchev–Trinajstić information content (AvgIpc) is 2.53. The van der Waals surface area contributed by atoms with Crippen molar-refractivity contribution >= 4 is 5.97 Å². The van der Waals surface area contributed by atoms with Crippen molar-refractivity contribution in [1.82, 2.24) is 0 Å². The van der Waals surface area contributed by atoms with Gasteiger partial charge >= 0.3 is 5.97 Å². The molecular weight excluding hydrogens is 294 g/mol. The predicted octanol–water partition coefficient (Wildman–Crippen LogP) is 2.57. The molecule has 1 aliphatic rings. The molecule has 118 valence electrons. The molecule has 0 aliphatic carbocycles. The largest absolute Gasteiger partial charge is 0.508 e. The van der Waals surface area contributed by atoms with Crippen LogP contribution in [0.25, 0.3) is 0 Å².